The summed E-state index contributed by atoms with van der Waals surface area (Å²) in [6.07, 6.45) is 4.18. The van der Waals surface area contributed by atoms with Gasteiger partial charge in [0.15, 0.2) is 0 Å². The molecule has 0 radical (unpaired) electrons. The smallest absolute Gasteiger partial charge is 0.206 e. The molecule has 0 N–H and O–H groups in total. The Morgan fingerprint density at radius 3 is 2.82 bits per heavy atom. The molecule has 1 aromatic rings. The lowest BCUT2D eigenvalue weighted by Crippen LogP contribution is -2.37. The van der Waals surface area contributed by atoms with Gasteiger partial charge in [0.05, 0.1) is 0 Å². The maximum atomic E-state index is 12.5. The van der Waals surface area contributed by atoms with Crippen molar-refractivity contribution in [1.29, 1.82) is 0 Å². The average Bonchev–Trinajstić information content (AvgIpc) is 2.57. The second-order valence-corrected chi connectivity index (χ2v) is 8.23. The van der Waals surface area contributed by atoms with Gasteiger partial charge in [0.25, 0.3) is 10.0 Å². The van der Waals surface area contributed by atoms with Gasteiger partial charge in [-0.3, -0.25) is 0 Å². The summed E-state index contributed by atoms with van der Waals surface area (Å²) in [5.41, 5.74) is 0. The van der Waals surface area contributed by atoms with Crippen LogP contribution in [0.25, 0.3) is 0 Å². The molecule has 96 valence electrons. The Hall–Kier alpha value is 0.0900. The Labute approximate surface area is 115 Å². The van der Waals surface area contributed by atoms with Crippen LogP contribution in [0.15, 0.2) is 20.1 Å². The van der Waals surface area contributed by atoms with E-state index < -0.39 is 10.0 Å². The molecule has 3 nitrogen and oxygen atoms in total. The van der Waals surface area contributed by atoms with E-state index in [0.29, 0.717) is 15.2 Å². The van der Waals surface area contributed by atoms with E-state index in [0.717, 1.165) is 25.7 Å². The summed E-state index contributed by atoms with van der Waals surface area (Å²) in [7, 11) is -3.32. The molecule has 1 unspecified atom stereocenters. The minimum absolute atomic E-state index is 0.108. The first kappa shape index (κ1) is 13.5. The SMILES string of the molecule is CC1CCCCCN1S(=O)(=O)c1sccc1Br. The van der Waals surface area contributed by atoms with Crippen LogP contribution in [0.2, 0.25) is 0 Å². The fraction of sp³-hybridized carbons (Fsp3) is 0.636. The molecule has 0 spiro atoms. The maximum Gasteiger partial charge on any atom is 0.253 e. The molecule has 2 heterocycles. The first-order chi connectivity index (χ1) is 8.03. The molecule has 17 heavy (non-hydrogen) atoms. The highest BCUT2D eigenvalue weighted by molar-refractivity contribution is 9.10. The van der Waals surface area contributed by atoms with E-state index in [2.05, 4.69) is 15.9 Å². The molecular formula is C11H16BrNO2S2. The van der Waals surface area contributed by atoms with Crippen molar-refractivity contribution >= 4 is 37.3 Å². The van der Waals surface area contributed by atoms with E-state index in [-0.39, 0.29) is 6.04 Å². The molecule has 0 saturated carbocycles. The van der Waals surface area contributed by atoms with Crippen molar-refractivity contribution in [3.63, 3.8) is 0 Å². The van der Waals surface area contributed by atoms with Crippen molar-refractivity contribution in [2.75, 3.05) is 6.54 Å². The minimum atomic E-state index is -3.32. The molecular weight excluding hydrogens is 322 g/mol. The first-order valence-corrected chi connectivity index (χ1v) is 8.89. The fourth-order valence-electron chi connectivity index (χ4n) is 2.18. The van der Waals surface area contributed by atoms with Crippen LogP contribution in [-0.2, 0) is 10.0 Å². The molecule has 2 rings (SSSR count). The molecule has 1 aliphatic rings. The molecule has 0 aliphatic carbocycles. The lowest BCUT2D eigenvalue weighted by Gasteiger charge is -2.25. The Kier molecular flexibility index (Phi) is 4.28. The van der Waals surface area contributed by atoms with Crippen LogP contribution in [-0.4, -0.2) is 25.3 Å². The fourth-order valence-corrected chi connectivity index (χ4v) is 6.30. The number of thiophene rings is 1. The van der Waals surface area contributed by atoms with Crippen molar-refractivity contribution < 1.29 is 8.42 Å². The van der Waals surface area contributed by atoms with Gasteiger partial charge in [-0.15, -0.1) is 11.3 Å². The zero-order valence-electron chi connectivity index (χ0n) is 9.73. The summed E-state index contributed by atoms with van der Waals surface area (Å²) < 4.78 is 27.9. The van der Waals surface area contributed by atoms with E-state index in [9.17, 15) is 8.42 Å². The zero-order chi connectivity index (χ0) is 12.5. The van der Waals surface area contributed by atoms with E-state index >= 15 is 0 Å². The minimum Gasteiger partial charge on any atom is -0.206 e. The highest BCUT2D eigenvalue weighted by Gasteiger charge is 2.32. The Morgan fingerprint density at radius 2 is 2.18 bits per heavy atom. The first-order valence-electron chi connectivity index (χ1n) is 5.78. The molecule has 1 aromatic heterocycles. The van der Waals surface area contributed by atoms with Crippen molar-refractivity contribution in [3.8, 4) is 0 Å². The number of sulfonamides is 1. The summed E-state index contributed by atoms with van der Waals surface area (Å²) in [5.74, 6) is 0. The lowest BCUT2D eigenvalue weighted by atomic mass is 10.1. The van der Waals surface area contributed by atoms with Gasteiger partial charge < -0.3 is 0 Å². The van der Waals surface area contributed by atoms with Crippen molar-refractivity contribution in [1.82, 2.24) is 4.31 Å². The van der Waals surface area contributed by atoms with Crippen LogP contribution in [0.5, 0.6) is 0 Å². The molecule has 1 saturated heterocycles. The van der Waals surface area contributed by atoms with Gasteiger partial charge in [0.1, 0.15) is 4.21 Å². The molecule has 0 bridgehead atoms. The second kappa shape index (κ2) is 5.38. The summed E-state index contributed by atoms with van der Waals surface area (Å²) >= 11 is 4.60. The van der Waals surface area contributed by atoms with Crippen molar-refractivity contribution in [3.05, 3.63) is 15.9 Å². The number of hydrogen-bond donors (Lipinski definition) is 0. The molecule has 0 amide bonds. The molecule has 0 aromatic carbocycles. The van der Waals surface area contributed by atoms with E-state index in [1.54, 1.807) is 15.8 Å². The second-order valence-electron chi connectivity index (χ2n) is 4.37. The van der Waals surface area contributed by atoms with Gasteiger partial charge >= 0.3 is 0 Å². The van der Waals surface area contributed by atoms with Crippen molar-refractivity contribution in [2.24, 2.45) is 0 Å². The predicted octanol–water partition coefficient (Wildman–Crippen LogP) is 3.46. The molecule has 6 heteroatoms. The largest absolute Gasteiger partial charge is 0.253 e. The average molecular weight is 338 g/mol. The summed E-state index contributed by atoms with van der Waals surface area (Å²) in [6.45, 7) is 2.65. The Balaban J connectivity index is 2.34. The normalized spacial score (nSPS) is 23.5. The summed E-state index contributed by atoms with van der Waals surface area (Å²) in [6, 6.07) is 1.90. The summed E-state index contributed by atoms with van der Waals surface area (Å²) in [5, 5.41) is 1.81. The predicted molar refractivity (Wildman–Crippen MR) is 73.8 cm³/mol. The third-order valence-corrected chi connectivity index (χ3v) is 7.78. The lowest BCUT2D eigenvalue weighted by molar-refractivity contribution is 0.343. The van der Waals surface area contributed by atoms with Gasteiger partial charge in [0.2, 0.25) is 0 Å². The van der Waals surface area contributed by atoms with Gasteiger partial charge in [0, 0.05) is 17.1 Å². The van der Waals surface area contributed by atoms with Crippen LogP contribution in [0.4, 0.5) is 0 Å². The topological polar surface area (TPSA) is 37.4 Å². The Morgan fingerprint density at radius 1 is 1.41 bits per heavy atom. The highest BCUT2D eigenvalue weighted by Crippen LogP contribution is 2.32. The molecule has 1 atom stereocenters. The number of hydrogen-bond acceptors (Lipinski definition) is 3. The van der Waals surface area contributed by atoms with Crippen LogP contribution >= 0.6 is 27.3 Å². The monoisotopic (exact) mass is 337 g/mol. The number of halogens is 1. The maximum absolute atomic E-state index is 12.5. The zero-order valence-corrected chi connectivity index (χ0v) is 12.9. The van der Waals surface area contributed by atoms with Gasteiger partial charge in [-0.1, -0.05) is 12.8 Å². The third kappa shape index (κ3) is 2.75. The van der Waals surface area contributed by atoms with Crippen LogP contribution in [0.1, 0.15) is 32.6 Å². The molecule has 1 fully saturated rings. The van der Waals surface area contributed by atoms with Crippen molar-refractivity contribution in [2.45, 2.75) is 42.9 Å². The molecule has 1 aliphatic heterocycles. The van der Waals surface area contributed by atoms with E-state index in [1.165, 1.54) is 11.3 Å². The number of rotatable bonds is 2. The van der Waals surface area contributed by atoms with E-state index in [4.69, 9.17) is 0 Å². The van der Waals surface area contributed by atoms with Crippen LogP contribution < -0.4 is 0 Å². The van der Waals surface area contributed by atoms with Gasteiger partial charge in [-0.2, -0.15) is 4.31 Å². The highest BCUT2D eigenvalue weighted by atomic mass is 79.9. The van der Waals surface area contributed by atoms with Gasteiger partial charge in [-0.05, 0) is 47.1 Å². The van der Waals surface area contributed by atoms with Crippen LogP contribution in [0, 0.1) is 0 Å². The van der Waals surface area contributed by atoms with E-state index in [1.807, 2.05) is 6.92 Å². The summed E-state index contributed by atoms with van der Waals surface area (Å²) in [4.78, 5) is 0. The Bertz CT molecular complexity index is 483. The van der Waals surface area contributed by atoms with Gasteiger partial charge in [-0.25, -0.2) is 8.42 Å². The third-order valence-electron chi connectivity index (χ3n) is 3.12. The standard InChI is InChI=1S/C11H16BrNO2S2/c1-9-5-3-2-4-7-13(9)17(14,15)11-10(12)6-8-16-11/h6,8-9H,2-5,7H2,1H3. The number of nitrogens with zero attached hydrogens (tertiary/aromatic N) is 1. The van der Waals surface area contributed by atoms with Crippen LogP contribution in [0.3, 0.4) is 0 Å². The quantitative estimate of drug-likeness (QED) is 0.828.